The molecule has 146 valence electrons. The molecule has 27 heavy (non-hydrogen) atoms. The third-order valence-corrected chi connectivity index (χ3v) is 4.62. The van der Waals surface area contributed by atoms with E-state index in [1.54, 1.807) is 0 Å². The zero-order valence-corrected chi connectivity index (χ0v) is 16.6. The molecule has 2 rings (SSSR count). The summed E-state index contributed by atoms with van der Waals surface area (Å²) in [4.78, 5) is 4.62. The lowest BCUT2D eigenvalue weighted by Gasteiger charge is -2.13. The summed E-state index contributed by atoms with van der Waals surface area (Å²) in [5.74, 6) is 0.678. The van der Waals surface area contributed by atoms with E-state index >= 15 is 0 Å². The molecule has 7 heteroatoms. The number of aryl methyl sites for hydroxylation is 1. The minimum atomic E-state index is -2.99. The molecule has 0 unspecified atom stereocenters. The van der Waals surface area contributed by atoms with Crippen molar-refractivity contribution in [3.63, 3.8) is 0 Å². The van der Waals surface area contributed by atoms with Gasteiger partial charge < -0.3 is 15.4 Å². The molecule has 0 spiro atoms. The molecule has 2 N–H and O–H groups in total. The first-order chi connectivity index (χ1) is 12.9. The van der Waals surface area contributed by atoms with Gasteiger partial charge in [0.2, 0.25) is 0 Å². The number of ether oxygens (including phenoxy) is 1. The smallest absolute Gasteiger partial charge is 0.196 e. The van der Waals surface area contributed by atoms with E-state index in [1.165, 1.54) is 11.8 Å². The van der Waals surface area contributed by atoms with Crippen molar-refractivity contribution in [2.24, 2.45) is 4.99 Å². The molecule has 0 amide bonds. The lowest BCUT2D eigenvalue weighted by Crippen LogP contribution is -2.33. The normalized spacial score (nSPS) is 12.0. The molecule has 0 fully saturated rings. The molecule has 0 bridgehead atoms. The lowest BCUT2D eigenvalue weighted by molar-refractivity contribution is 0.154. The van der Waals surface area contributed by atoms with E-state index in [0.29, 0.717) is 25.7 Å². The number of anilines is 1. The van der Waals surface area contributed by atoms with Gasteiger partial charge in [0.1, 0.15) is 9.84 Å². The van der Waals surface area contributed by atoms with Gasteiger partial charge in [-0.1, -0.05) is 48.0 Å². The number of hydrogen-bond acceptors (Lipinski definition) is 4. The Morgan fingerprint density at radius 1 is 1.04 bits per heavy atom. The molecule has 0 aliphatic heterocycles. The third-order valence-electron chi connectivity index (χ3n) is 3.71. The molecular weight excluding hydrogens is 362 g/mol. The summed E-state index contributed by atoms with van der Waals surface area (Å²) in [6, 6.07) is 18.0. The second-order valence-corrected chi connectivity index (χ2v) is 8.57. The van der Waals surface area contributed by atoms with Crippen LogP contribution in [-0.2, 0) is 21.1 Å². The first-order valence-corrected chi connectivity index (χ1v) is 10.9. The maximum Gasteiger partial charge on any atom is 0.196 e. The molecule has 0 saturated heterocycles. The van der Waals surface area contributed by atoms with Gasteiger partial charge in [0.05, 0.1) is 25.5 Å². The zero-order chi connectivity index (χ0) is 19.5. The number of hydrogen-bond donors (Lipinski definition) is 2. The summed E-state index contributed by atoms with van der Waals surface area (Å²) in [7, 11) is -2.99. The van der Waals surface area contributed by atoms with Crippen LogP contribution in [0.5, 0.6) is 0 Å². The summed E-state index contributed by atoms with van der Waals surface area (Å²) in [5, 5.41) is 6.48. The van der Waals surface area contributed by atoms with E-state index in [-0.39, 0.29) is 12.4 Å². The quantitative estimate of drug-likeness (QED) is 0.391. The van der Waals surface area contributed by atoms with Crippen LogP contribution < -0.4 is 10.6 Å². The van der Waals surface area contributed by atoms with Gasteiger partial charge in [0, 0.05) is 18.5 Å². The van der Waals surface area contributed by atoms with Gasteiger partial charge in [-0.15, -0.1) is 0 Å². The number of sulfone groups is 1. The average molecular weight is 390 g/mol. The Hall–Kier alpha value is -2.38. The fourth-order valence-electron chi connectivity index (χ4n) is 2.22. The van der Waals surface area contributed by atoms with Gasteiger partial charge in [-0.3, -0.25) is 0 Å². The van der Waals surface area contributed by atoms with Crippen LogP contribution in [0.3, 0.4) is 0 Å². The minimum absolute atomic E-state index is 0.0314. The van der Waals surface area contributed by atoms with Crippen LogP contribution in [0.2, 0.25) is 0 Å². The molecule has 0 aliphatic carbocycles. The van der Waals surface area contributed by atoms with Crippen LogP contribution in [0.25, 0.3) is 0 Å². The second-order valence-electron chi connectivity index (χ2n) is 6.31. The Labute approximate surface area is 161 Å². The van der Waals surface area contributed by atoms with Crippen molar-refractivity contribution < 1.29 is 13.2 Å². The molecule has 0 saturated carbocycles. The predicted molar refractivity (Wildman–Crippen MR) is 111 cm³/mol. The first-order valence-electron chi connectivity index (χ1n) is 8.84. The van der Waals surface area contributed by atoms with Crippen molar-refractivity contribution in [3.8, 4) is 0 Å². The van der Waals surface area contributed by atoms with E-state index in [1.807, 2.05) is 30.3 Å². The predicted octanol–water partition coefficient (Wildman–Crippen LogP) is 2.61. The standard InChI is InChI=1S/C20H27N3O3S/c1-17-8-10-18(11-9-17)16-22-20(23-19-6-4-3-5-7-19)21-12-13-26-14-15-27(2,24)25/h3-11H,12-16H2,1-2H3,(H2,21,22,23). The minimum Gasteiger partial charge on any atom is -0.379 e. The van der Waals surface area contributed by atoms with Gasteiger partial charge >= 0.3 is 0 Å². The van der Waals surface area contributed by atoms with E-state index in [9.17, 15) is 8.42 Å². The molecule has 2 aromatic carbocycles. The first kappa shape index (κ1) is 20.9. The van der Waals surface area contributed by atoms with Crippen molar-refractivity contribution in [3.05, 3.63) is 65.7 Å². The van der Waals surface area contributed by atoms with Gasteiger partial charge in [0.25, 0.3) is 0 Å². The lowest BCUT2D eigenvalue weighted by atomic mass is 10.1. The highest BCUT2D eigenvalue weighted by atomic mass is 32.2. The molecule has 0 aliphatic rings. The van der Waals surface area contributed by atoms with E-state index in [0.717, 1.165) is 11.3 Å². The van der Waals surface area contributed by atoms with Gasteiger partial charge in [-0.2, -0.15) is 0 Å². The van der Waals surface area contributed by atoms with Gasteiger partial charge in [-0.25, -0.2) is 13.4 Å². The summed E-state index contributed by atoms with van der Waals surface area (Å²) in [5.41, 5.74) is 3.28. The maximum absolute atomic E-state index is 11.1. The van der Waals surface area contributed by atoms with Crippen molar-refractivity contribution in [2.75, 3.05) is 37.1 Å². The van der Waals surface area contributed by atoms with Crippen LogP contribution in [-0.4, -0.2) is 46.1 Å². The van der Waals surface area contributed by atoms with Crippen LogP contribution in [0.15, 0.2) is 59.6 Å². The highest BCUT2D eigenvalue weighted by Gasteiger charge is 2.03. The van der Waals surface area contributed by atoms with Gasteiger partial charge in [0.15, 0.2) is 5.96 Å². The molecule has 0 atom stereocenters. The highest BCUT2D eigenvalue weighted by Crippen LogP contribution is 2.07. The van der Waals surface area contributed by atoms with Crippen molar-refractivity contribution in [1.29, 1.82) is 0 Å². The number of nitrogens with one attached hydrogen (secondary N) is 2. The van der Waals surface area contributed by atoms with Crippen molar-refractivity contribution in [1.82, 2.24) is 5.32 Å². The second kappa shape index (κ2) is 10.7. The largest absolute Gasteiger partial charge is 0.379 e. The SMILES string of the molecule is Cc1ccc(CN=C(NCCOCCS(C)(=O)=O)Nc2ccccc2)cc1. The molecule has 6 nitrogen and oxygen atoms in total. The summed E-state index contributed by atoms with van der Waals surface area (Å²) in [6.07, 6.45) is 1.20. The summed E-state index contributed by atoms with van der Waals surface area (Å²) < 4.78 is 27.5. The van der Waals surface area contributed by atoms with E-state index in [2.05, 4.69) is 46.8 Å². The van der Waals surface area contributed by atoms with Crippen LogP contribution in [0.1, 0.15) is 11.1 Å². The number of para-hydroxylation sites is 1. The van der Waals surface area contributed by atoms with Crippen molar-refractivity contribution in [2.45, 2.75) is 13.5 Å². The Morgan fingerprint density at radius 3 is 2.41 bits per heavy atom. The number of nitrogens with zero attached hydrogens (tertiary/aromatic N) is 1. The third kappa shape index (κ3) is 9.21. The van der Waals surface area contributed by atoms with E-state index in [4.69, 9.17) is 4.74 Å². The monoisotopic (exact) mass is 389 g/mol. The fraction of sp³-hybridized carbons (Fsp3) is 0.350. The molecular formula is C20H27N3O3S. The van der Waals surface area contributed by atoms with Gasteiger partial charge in [-0.05, 0) is 24.6 Å². The van der Waals surface area contributed by atoms with Crippen LogP contribution >= 0.6 is 0 Å². The average Bonchev–Trinajstić information content (AvgIpc) is 2.63. The topological polar surface area (TPSA) is 79.8 Å². The molecule has 0 aromatic heterocycles. The molecule has 0 radical (unpaired) electrons. The van der Waals surface area contributed by atoms with Crippen LogP contribution in [0, 0.1) is 6.92 Å². The van der Waals surface area contributed by atoms with Crippen molar-refractivity contribution >= 4 is 21.5 Å². The zero-order valence-electron chi connectivity index (χ0n) is 15.8. The fourth-order valence-corrected chi connectivity index (χ4v) is 2.64. The van der Waals surface area contributed by atoms with E-state index < -0.39 is 9.84 Å². The van der Waals surface area contributed by atoms with Crippen LogP contribution in [0.4, 0.5) is 5.69 Å². The summed E-state index contributed by atoms with van der Waals surface area (Å²) >= 11 is 0. The molecule has 0 heterocycles. The molecule has 2 aromatic rings. The Morgan fingerprint density at radius 2 is 1.74 bits per heavy atom. The Kier molecular flexibility index (Phi) is 8.29. The maximum atomic E-state index is 11.1. The Bertz CT molecular complexity index is 819. The number of aliphatic imine (C=N–C) groups is 1. The number of benzene rings is 2. The summed E-state index contributed by atoms with van der Waals surface area (Å²) in [6.45, 7) is 3.73. The number of rotatable bonds is 9. The number of guanidine groups is 1. The Balaban J connectivity index is 1.89. The highest BCUT2D eigenvalue weighted by molar-refractivity contribution is 7.90.